The molecule has 4 N–H and O–H groups in total. The van der Waals surface area contributed by atoms with Crippen LogP contribution in [-0.4, -0.2) is 13.2 Å². The van der Waals surface area contributed by atoms with Crippen molar-refractivity contribution in [3.05, 3.63) is 70.8 Å². The van der Waals surface area contributed by atoms with E-state index in [9.17, 15) is 0 Å². The SMILES string of the molecule is NCc1ccccc1C1COC(c2ccccc2CN)CO1. The van der Waals surface area contributed by atoms with Gasteiger partial charge in [-0.25, -0.2) is 0 Å². The lowest BCUT2D eigenvalue weighted by molar-refractivity contribution is -0.137. The number of rotatable bonds is 4. The first kappa shape index (κ1) is 15.2. The largest absolute Gasteiger partial charge is 0.368 e. The summed E-state index contributed by atoms with van der Waals surface area (Å²) >= 11 is 0. The van der Waals surface area contributed by atoms with Crippen LogP contribution in [0.1, 0.15) is 34.5 Å². The van der Waals surface area contributed by atoms with Crippen LogP contribution in [0.3, 0.4) is 0 Å². The Bertz CT molecular complexity index is 566. The number of hydrogen-bond acceptors (Lipinski definition) is 4. The van der Waals surface area contributed by atoms with Gasteiger partial charge in [-0.15, -0.1) is 0 Å². The highest BCUT2D eigenvalue weighted by Gasteiger charge is 2.26. The van der Waals surface area contributed by atoms with Crippen LogP contribution in [0.4, 0.5) is 0 Å². The molecule has 4 heteroatoms. The zero-order chi connectivity index (χ0) is 15.4. The maximum atomic E-state index is 6.05. The highest BCUT2D eigenvalue weighted by Crippen LogP contribution is 2.32. The third-order valence-electron chi connectivity index (χ3n) is 4.14. The summed E-state index contributed by atoms with van der Waals surface area (Å²) in [4.78, 5) is 0. The molecule has 0 aromatic heterocycles. The first-order valence-corrected chi connectivity index (χ1v) is 7.62. The van der Waals surface area contributed by atoms with Crippen molar-refractivity contribution < 1.29 is 9.47 Å². The van der Waals surface area contributed by atoms with E-state index in [0.717, 1.165) is 22.3 Å². The molecule has 116 valence electrons. The van der Waals surface area contributed by atoms with Crippen LogP contribution >= 0.6 is 0 Å². The van der Waals surface area contributed by atoms with Crippen molar-refractivity contribution >= 4 is 0 Å². The second kappa shape index (κ2) is 7.03. The molecule has 1 fully saturated rings. The van der Waals surface area contributed by atoms with Crippen molar-refractivity contribution in [2.24, 2.45) is 11.5 Å². The minimum absolute atomic E-state index is 0.0546. The lowest BCUT2D eigenvalue weighted by Crippen LogP contribution is -2.27. The smallest absolute Gasteiger partial charge is 0.106 e. The van der Waals surface area contributed by atoms with Crippen LogP contribution in [0.2, 0.25) is 0 Å². The standard InChI is InChI=1S/C18H22N2O2/c19-9-13-5-1-3-7-15(13)17-11-22-18(12-21-17)16-8-4-2-6-14(16)10-20/h1-8,17-18H,9-12,19-20H2. The van der Waals surface area contributed by atoms with Gasteiger partial charge in [-0.3, -0.25) is 0 Å². The highest BCUT2D eigenvalue weighted by atomic mass is 16.6. The van der Waals surface area contributed by atoms with Crippen molar-refractivity contribution in [2.75, 3.05) is 13.2 Å². The van der Waals surface area contributed by atoms with Crippen LogP contribution in [0.5, 0.6) is 0 Å². The summed E-state index contributed by atoms with van der Waals surface area (Å²) in [6.07, 6.45) is -0.109. The number of hydrogen-bond donors (Lipinski definition) is 2. The molecule has 2 aromatic rings. The van der Waals surface area contributed by atoms with E-state index in [1.165, 1.54) is 0 Å². The van der Waals surface area contributed by atoms with E-state index in [1.807, 2.05) is 36.4 Å². The number of ether oxygens (including phenoxy) is 2. The van der Waals surface area contributed by atoms with E-state index in [-0.39, 0.29) is 12.2 Å². The average Bonchev–Trinajstić information content (AvgIpc) is 2.62. The van der Waals surface area contributed by atoms with Crippen LogP contribution < -0.4 is 11.5 Å². The van der Waals surface area contributed by atoms with Gasteiger partial charge in [-0.2, -0.15) is 0 Å². The molecular weight excluding hydrogens is 276 g/mol. The van der Waals surface area contributed by atoms with E-state index in [4.69, 9.17) is 20.9 Å². The maximum absolute atomic E-state index is 6.05. The molecule has 2 aromatic carbocycles. The van der Waals surface area contributed by atoms with Crippen molar-refractivity contribution in [1.82, 2.24) is 0 Å². The predicted octanol–water partition coefficient (Wildman–Crippen LogP) is 2.43. The van der Waals surface area contributed by atoms with Crippen LogP contribution in [0.15, 0.2) is 48.5 Å². The fourth-order valence-electron chi connectivity index (χ4n) is 2.93. The van der Waals surface area contributed by atoms with Gasteiger partial charge in [0.05, 0.1) is 13.2 Å². The molecule has 2 unspecified atom stereocenters. The van der Waals surface area contributed by atoms with Gasteiger partial charge >= 0.3 is 0 Å². The summed E-state index contributed by atoms with van der Waals surface area (Å²) in [6, 6.07) is 16.2. The van der Waals surface area contributed by atoms with Gasteiger partial charge in [-0.05, 0) is 22.3 Å². The first-order chi connectivity index (χ1) is 10.8. The molecule has 1 heterocycles. The van der Waals surface area contributed by atoms with Gasteiger partial charge in [0.25, 0.3) is 0 Å². The molecule has 22 heavy (non-hydrogen) atoms. The Kier molecular flexibility index (Phi) is 4.85. The topological polar surface area (TPSA) is 70.5 Å². The van der Waals surface area contributed by atoms with Gasteiger partial charge in [0.1, 0.15) is 12.2 Å². The molecule has 0 saturated carbocycles. The summed E-state index contributed by atoms with van der Waals surface area (Å²) < 4.78 is 12.1. The Morgan fingerprint density at radius 2 is 1.14 bits per heavy atom. The molecule has 0 radical (unpaired) electrons. The maximum Gasteiger partial charge on any atom is 0.106 e. The monoisotopic (exact) mass is 298 g/mol. The third-order valence-corrected chi connectivity index (χ3v) is 4.14. The molecule has 0 spiro atoms. The molecule has 3 rings (SSSR count). The first-order valence-electron chi connectivity index (χ1n) is 7.62. The molecule has 0 aliphatic carbocycles. The molecule has 0 bridgehead atoms. The third kappa shape index (κ3) is 3.05. The Morgan fingerprint density at radius 3 is 1.50 bits per heavy atom. The van der Waals surface area contributed by atoms with Crippen molar-refractivity contribution in [3.8, 4) is 0 Å². The molecular formula is C18H22N2O2. The molecule has 2 atom stereocenters. The van der Waals surface area contributed by atoms with Crippen molar-refractivity contribution in [1.29, 1.82) is 0 Å². The normalized spacial score (nSPS) is 21.7. The van der Waals surface area contributed by atoms with E-state index in [1.54, 1.807) is 0 Å². The average molecular weight is 298 g/mol. The van der Waals surface area contributed by atoms with E-state index >= 15 is 0 Å². The Morgan fingerprint density at radius 1 is 0.727 bits per heavy atom. The molecule has 1 saturated heterocycles. The van der Waals surface area contributed by atoms with E-state index < -0.39 is 0 Å². The van der Waals surface area contributed by atoms with Gasteiger partial charge in [-0.1, -0.05) is 48.5 Å². The summed E-state index contributed by atoms with van der Waals surface area (Å²) in [5.74, 6) is 0. The summed E-state index contributed by atoms with van der Waals surface area (Å²) in [6.45, 7) is 2.08. The number of nitrogens with two attached hydrogens (primary N) is 2. The quantitative estimate of drug-likeness (QED) is 0.909. The van der Waals surface area contributed by atoms with Crippen LogP contribution in [0, 0.1) is 0 Å². The summed E-state index contributed by atoms with van der Waals surface area (Å²) in [5.41, 5.74) is 16.1. The second-order valence-corrected chi connectivity index (χ2v) is 5.45. The Balaban J connectivity index is 1.73. The molecule has 0 amide bonds. The van der Waals surface area contributed by atoms with Crippen LogP contribution in [0.25, 0.3) is 0 Å². The minimum atomic E-state index is -0.0546. The van der Waals surface area contributed by atoms with Gasteiger partial charge in [0.2, 0.25) is 0 Å². The van der Waals surface area contributed by atoms with Crippen molar-refractivity contribution in [2.45, 2.75) is 25.3 Å². The lowest BCUT2D eigenvalue weighted by Gasteiger charge is -2.31. The highest BCUT2D eigenvalue weighted by molar-refractivity contribution is 5.31. The Hall–Kier alpha value is -1.72. The summed E-state index contributed by atoms with van der Waals surface area (Å²) in [7, 11) is 0. The minimum Gasteiger partial charge on any atom is -0.368 e. The molecule has 1 aliphatic heterocycles. The zero-order valence-corrected chi connectivity index (χ0v) is 12.6. The second-order valence-electron chi connectivity index (χ2n) is 5.45. The summed E-state index contributed by atoms with van der Waals surface area (Å²) in [5, 5.41) is 0. The van der Waals surface area contributed by atoms with Crippen molar-refractivity contribution in [3.63, 3.8) is 0 Å². The van der Waals surface area contributed by atoms with Gasteiger partial charge in [0, 0.05) is 13.1 Å². The zero-order valence-electron chi connectivity index (χ0n) is 12.6. The van der Waals surface area contributed by atoms with Gasteiger partial charge < -0.3 is 20.9 Å². The fraction of sp³-hybridized carbons (Fsp3) is 0.333. The number of benzene rings is 2. The lowest BCUT2D eigenvalue weighted by atomic mass is 9.99. The molecule has 4 nitrogen and oxygen atoms in total. The van der Waals surface area contributed by atoms with E-state index in [2.05, 4.69) is 12.1 Å². The van der Waals surface area contributed by atoms with Crippen LogP contribution in [-0.2, 0) is 22.6 Å². The Labute approximate surface area is 131 Å². The predicted molar refractivity (Wildman–Crippen MR) is 86.1 cm³/mol. The van der Waals surface area contributed by atoms with E-state index in [0.29, 0.717) is 26.3 Å². The molecule has 1 aliphatic rings. The van der Waals surface area contributed by atoms with Gasteiger partial charge in [0.15, 0.2) is 0 Å². The fourth-order valence-corrected chi connectivity index (χ4v) is 2.93.